The van der Waals surface area contributed by atoms with E-state index >= 15 is 0 Å². The number of amides is 2. The first-order valence-electron chi connectivity index (χ1n) is 12.9. The Kier molecular flexibility index (Phi) is 8.09. The largest absolute Gasteiger partial charge is 0.418 e. The first-order chi connectivity index (χ1) is 18.5. The van der Waals surface area contributed by atoms with Crippen LogP contribution in [-0.4, -0.2) is 27.0 Å². The highest BCUT2D eigenvalue weighted by Crippen LogP contribution is 2.35. The Morgan fingerprint density at radius 3 is 2.41 bits per heavy atom. The summed E-state index contributed by atoms with van der Waals surface area (Å²) in [4.78, 5) is 33.6. The van der Waals surface area contributed by atoms with Gasteiger partial charge in [-0.2, -0.15) is 13.2 Å². The van der Waals surface area contributed by atoms with Gasteiger partial charge in [-0.05, 0) is 74.7 Å². The topological polar surface area (TPSA) is 67.2 Å². The zero-order valence-electron chi connectivity index (χ0n) is 22.3. The molecule has 0 radical (unpaired) electrons. The van der Waals surface area contributed by atoms with Crippen LogP contribution in [-0.2, 0) is 6.18 Å². The molecule has 3 aromatic carbocycles. The van der Waals surface area contributed by atoms with Crippen molar-refractivity contribution >= 4 is 22.6 Å². The van der Waals surface area contributed by atoms with Crippen molar-refractivity contribution in [1.82, 2.24) is 14.5 Å². The lowest BCUT2D eigenvalue weighted by Crippen LogP contribution is -2.40. The maximum atomic E-state index is 13.8. The van der Waals surface area contributed by atoms with Gasteiger partial charge >= 0.3 is 12.2 Å². The lowest BCUT2D eigenvalue weighted by Gasteiger charge is -2.31. The van der Waals surface area contributed by atoms with E-state index in [4.69, 9.17) is 4.98 Å². The van der Waals surface area contributed by atoms with E-state index in [9.17, 15) is 22.8 Å². The fraction of sp³-hybridized carbons (Fsp3) is 0.300. The molecule has 0 fully saturated rings. The van der Waals surface area contributed by atoms with Crippen LogP contribution in [0.3, 0.4) is 0 Å². The van der Waals surface area contributed by atoms with Crippen molar-refractivity contribution in [2.24, 2.45) is 0 Å². The molecular formula is C30H31F3N4O2. The Morgan fingerprint density at radius 2 is 1.72 bits per heavy atom. The second-order valence-electron chi connectivity index (χ2n) is 9.59. The molecule has 1 unspecified atom stereocenters. The number of hydrogen-bond donors (Lipinski definition) is 1. The smallest absolute Gasteiger partial charge is 0.315 e. The number of aryl methyl sites for hydroxylation is 2. The van der Waals surface area contributed by atoms with E-state index in [0.717, 1.165) is 23.6 Å². The van der Waals surface area contributed by atoms with Gasteiger partial charge in [0, 0.05) is 6.54 Å². The number of para-hydroxylation sites is 2. The number of carbonyl (C=O) groups excluding carboxylic acids is 1. The Labute approximate surface area is 225 Å². The monoisotopic (exact) mass is 536 g/mol. The summed E-state index contributed by atoms with van der Waals surface area (Å²) >= 11 is 0. The number of anilines is 1. The number of hydrogen-bond acceptors (Lipinski definition) is 3. The highest BCUT2D eigenvalue weighted by Gasteiger charge is 2.34. The molecule has 1 heterocycles. The standard InChI is InChI=1S/C30H31F3N4O2/c1-5-6-17-36(29(39)35-26-14-10-8-12-24(26)30(31,32)33)21(4)27-34-25-13-9-7-11-23(25)28(38)37(27)22-16-15-19(2)20(3)18-22/h7-16,18,21H,5-6,17H2,1-4H3,(H,35,39). The Balaban J connectivity index is 1.84. The molecule has 0 saturated carbocycles. The molecule has 2 amide bonds. The van der Waals surface area contributed by atoms with Crippen molar-refractivity contribution in [3.05, 3.63) is 99.6 Å². The third kappa shape index (κ3) is 5.82. The van der Waals surface area contributed by atoms with Crippen LogP contribution in [0.25, 0.3) is 16.6 Å². The fourth-order valence-electron chi connectivity index (χ4n) is 4.51. The normalized spacial score (nSPS) is 12.4. The van der Waals surface area contributed by atoms with Crippen LogP contribution in [0.2, 0.25) is 0 Å². The molecule has 0 bridgehead atoms. The minimum absolute atomic E-state index is 0.257. The summed E-state index contributed by atoms with van der Waals surface area (Å²) in [6.07, 6.45) is -3.27. The molecule has 0 aliphatic heterocycles. The second-order valence-corrected chi connectivity index (χ2v) is 9.59. The van der Waals surface area contributed by atoms with E-state index in [-0.39, 0.29) is 17.8 Å². The third-order valence-corrected chi connectivity index (χ3v) is 6.88. The third-order valence-electron chi connectivity index (χ3n) is 6.88. The van der Waals surface area contributed by atoms with Gasteiger partial charge in [0.1, 0.15) is 5.82 Å². The van der Waals surface area contributed by atoms with E-state index in [1.807, 2.05) is 39.0 Å². The molecule has 0 saturated heterocycles. The van der Waals surface area contributed by atoms with E-state index in [1.54, 1.807) is 31.2 Å². The average molecular weight is 537 g/mol. The first-order valence-corrected chi connectivity index (χ1v) is 12.9. The second kappa shape index (κ2) is 11.3. The molecule has 204 valence electrons. The fourth-order valence-corrected chi connectivity index (χ4v) is 4.51. The van der Waals surface area contributed by atoms with E-state index in [1.165, 1.54) is 27.7 Å². The highest BCUT2D eigenvalue weighted by molar-refractivity contribution is 5.90. The molecule has 1 atom stereocenters. The van der Waals surface area contributed by atoms with Gasteiger partial charge in [-0.15, -0.1) is 0 Å². The van der Waals surface area contributed by atoms with Crippen LogP contribution in [0.5, 0.6) is 0 Å². The predicted octanol–water partition coefficient (Wildman–Crippen LogP) is 7.42. The van der Waals surface area contributed by atoms with Gasteiger partial charge in [-0.1, -0.05) is 43.7 Å². The lowest BCUT2D eigenvalue weighted by molar-refractivity contribution is -0.136. The Bertz CT molecular complexity index is 1560. The number of nitrogens with one attached hydrogen (secondary N) is 1. The van der Waals surface area contributed by atoms with Gasteiger partial charge in [0.15, 0.2) is 0 Å². The van der Waals surface area contributed by atoms with Gasteiger partial charge in [-0.25, -0.2) is 9.78 Å². The van der Waals surface area contributed by atoms with Gasteiger partial charge in [-0.3, -0.25) is 9.36 Å². The molecule has 6 nitrogen and oxygen atoms in total. The molecule has 0 spiro atoms. The van der Waals surface area contributed by atoms with Crippen LogP contribution in [0.15, 0.2) is 71.5 Å². The SMILES string of the molecule is CCCCN(C(=O)Nc1ccccc1C(F)(F)F)C(C)c1nc2ccccc2c(=O)n1-c1ccc(C)c(C)c1. The van der Waals surface area contributed by atoms with E-state index in [0.29, 0.717) is 28.8 Å². The average Bonchev–Trinajstić information content (AvgIpc) is 2.90. The van der Waals surface area contributed by atoms with Crippen molar-refractivity contribution in [2.45, 2.75) is 52.8 Å². The summed E-state index contributed by atoms with van der Waals surface area (Å²) in [5.41, 5.74) is 1.56. The van der Waals surface area contributed by atoms with Crippen molar-refractivity contribution in [2.75, 3.05) is 11.9 Å². The predicted molar refractivity (Wildman–Crippen MR) is 147 cm³/mol. The number of carbonyl (C=O) groups is 1. The summed E-state index contributed by atoms with van der Waals surface area (Å²) < 4.78 is 42.3. The zero-order valence-corrected chi connectivity index (χ0v) is 22.3. The van der Waals surface area contributed by atoms with Crippen molar-refractivity contribution in [3.63, 3.8) is 0 Å². The van der Waals surface area contributed by atoms with Crippen LogP contribution >= 0.6 is 0 Å². The molecule has 1 aromatic heterocycles. The maximum absolute atomic E-state index is 13.8. The maximum Gasteiger partial charge on any atom is 0.418 e. The minimum atomic E-state index is -4.63. The molecule has 0 aliphatic rings. The van der Waals surface area contributed by atoms with E-state index in [2.05, 4.69) is 5.32 Å². The number of benzene rings is 3. The van der Waals surface area contributed by atoms with Crippen molar-refractivity contribution in [1.29, 1.82) is 0 Å². The number of nitrogens with zero attached hydrogens (tertiary/aromatic N) is 3. The quantitative estimate of drug-likeness (QED) is 0.267. The number of aromatic nitrogens is 2. The van der Waals surface area contributed by atoms with Crippen LogP contribution in [0.4, 0.5) is 23.7 Å². The molecular weight excluding hydrogens is 505 g/mol. The number of alkyl halides is 3. The van der Waals surface area contributed by atoms with E-state index < -0.39 is 23.8 Å². The van der Waals surface area contributed by atoms with Crippen LogP contribution < -0.4 is 10.9 Å². The van der Waals surface area contributed by atoms with Crippen molar-refractivity contribution in [3.8, 4) is 5.69 Å². The molecule has 1 N–H and O–H groups in total. The summed E-state index contributed by atoms with van der Waals surface area (Å²) in [6, 6.07) is 16.0. The lowest BCUT2D eigenvalue weighted by atomic mass is 10.1. The summed E-state index contributed by atoms with van der Waals surface area (Å²) in [7, 11) is 0. The number of fused-ring (bicyclic) bond motifs is 1. The highest BCUT2D eigenvalue weighted by atomic mass is 19.4. The number of urea groups is 1. The molecule has 0 aliphatic carbocycles. The zero-order chi connectivity index (χ0) is 28.3. The molecule has 39 heavy (non-hydrogen) atoms. The Hall–Kier alpha value is -4.14. The van der Waals surface area contributed by atoms with Gasteiger partial charge in [0.2, 0.25) is 0 Å². The minimum Gasteiger partial charge on any atom is -0.315 e. The first kappa shape index (κ1) is 27.9. The molecule has 4 rings (SSSR count). The Morgan fingerprint density at radius 1 is 1.03 bits per heavy atom. The summed E-state index contributed by atoms with van der Waals surface area (Å²) in [6.45, 7) is 7.87. The summed E-state index contributed by atoms with van der Waals surface area (Å²) in [5.74, 6) is 0.317. The van der Waals surface area contributed by atoms with Gasteiger partial charge in [0.05, 0.1) is 33.9 Å². The van der Waals surface area contributed by atoms with Crippen molar-refractivity contribution < 1.29 is 18.0 Å². The number of halogens is 3. The van der Waals surface area contributed by atoms with Crippen LogP contribution in [0.1, 0.15) is 55.2 Å². The number of rotatable bonds is 7. The molecule has 9 heteroatoms. The number of unbranched alkanes of at least 4 members (excludes halogenated alkanes) is 1. The van der Waals surface area contributed by atoms with Gasteiger partial charge < -0.3 is 10.2 Å². The van der Waals surface area contributed by atoms with Gasteiger partial charge in [0.25, 0.3) is 5.56 Å². The van der Waals surface area contributed by atoms with Crippen LogP contribution in [0, 0.1) is 13.8 Å². The summed E-state index contributed by atoms with van der Waals surface area (Å²) in [5, 5.41) is 2.88. The molecule has 4 aromatic rings.